The van der Waals surface area contributed by atoms with Gasteiger partial charge in [0.2, 0.25) is 0 Å². The highest BCUT2D eigenvalue weighted by Gasteiger charge is 2.20. The summed E-state index contributed by atoms with van der Waals surface area (Å²) >= 11 is 0. The zero-order valence-corrected chi connectivity index (χ0v) is 12.7. The maximum atomic E-state index is 5.52. The monoisotopic (exact) mass is 249 g/mol. The van der Waals surface area contributed by atoms with E-state index in [9.17, 15) is 0 Å². The third-order valence-electron chi connectivity index (χ3n) is 3.34. The van der Waals surface area contributed by atoms with Crippen molar-refractivity contribution in [3.05, 3.63) is 28.8 Å². The first-order valence-corrected chi connectivity index (χ1v) is 6.72. The molecule has 0 radical (unpaired) electrons. The Morgan fingerprint density at radius 3 is 2.39 bits per heavy atom. The van der Waals surface area contributed by atoms with Crippen molar-refractivity contribution in [2.24, 2.45) is 0 Å². The first kappa shape index (κ1) is 15.0. The van der Waals surface area contributed by atoms with E-state index in [-0.39, 0.29) is 5.41 Å². The molecule has 1 rings (SSSR count). The number of aryl methyl sites for hydroxylation is 2. The summed E-state index contributed by atoms with van der Waals surface area (Å²) in [4.78, 5) is 0. The van der Waals surface area contributed by atoms with Crippen molar-refractivity contribution < 1.29 is 4.74 Å². The molecule has 102 valence electrons. The van der Waals surface area contributed by atoms with E-state index in [0.717, 1.165) is 18.7 Å². The average molecular weight is 249 g/mol. The molecule has 0 saturated carbocycles. The minimum absolute atomic E-state index is 0.122. The number of hydrogen-bond acceptors (Lipinski definition) is 2. The molecule has 1 aromatic rings. The Hall–Kier alpha value is -1.02. The van der Waals surface area contributed by atoms with Gasteiger partial charge in [0.1, 0.15) is 5.75 Å². The lowest BCUT2D eigenvalue weighted by atomic mass is 9.84. The molecule has 0 saturated heterocycles. The van der Waals surface area contributed by atoms with Crippen LogP contribution in [0.2, 0.25) is 0 Å². The second-order valence-electron chi connectivity index (χ2n) is 5.94. The third kappa shape index (κ3) is 3.74. The molecule has 0 fully saturated rings. The predicted octanol–water partition coefficient (Wildman–Crippen LogP) is 3.45. The van der Waals surface area contributed by atoms with E-state index in [1.54, 1.807) is 7.11 Å². The molecule has 2 nitrogen and oxygen atoms in total. The Kier molecular flexibility index (Phi) is 5.21. The zero-order chi connectivity index (χ0) is 13.8. The Bertz CT molecular complexity index is 391. The fourth-order valence-electron chi connectivity index (χ4n) is 2.21. The molecule has 0 aromatic heterocycles. The van der Waals surface area contributed by atoms with E-state index in [2.05, 4.69) is 45.1 Å². The van der Waals surface area contributed by atoms with Gasteiger partial charge in [0.05, 0.1) is 7.11 Å². The highest BCUT2D eigenvalue weighted by atomic mass is 16.5. The number of benzene rings is 1. The van der Waals surface area contributed by atoms with E-state index in [1.807, 2.05) is 7.05 Å². The fourth-order valence-corrected chi connectivity index (χ4v) is 2.21. The Labute approximate surface area is 112 Å². The van der Waals surface area contributed by atoms with Gasteiger partial charge in [0.25, 0.3) is 0 Å². The molecule has 18 heavy (non-hydrogen) atoms. The molecule has 1 aromatic carbocycles. The van der Waals surface area contributed by atoms with E-state index < -0.39 is 0 Å². The lowest BCUT2D eigenvalue weighted by Crippen LogP contribution is -2.14. The van der Waals surface area contributed by atoms with Crippen molar-refractivity contribution in [2.45, 2.75) is 46.0 Å². The lowest BCUT2D eigenvalue weighted by Gasteiger charge is -2.24. The van der Waals surface area contributed by atoms with E-state index in [0.29, 0.717) is 0 Å². The quantitative estimate of drug-likeness (QED) is 0.807. The molecular weight excluding hydrogens is 222 g/mol. The fraction of sp³-hybridized carbons (Fsp3) is 0.625. The number of nitrogens with one attached hydrogen (secondary N) is 1. The van der Waals surface area contributed by atoms with Crippen LogP contribution in [0, 0.1) is 6.92 Å². The van der Waals surface area contributed by atoms with Crippen molar-refractivity contribution in [2.75, 3.05) is 20.7 Å². The van der Waals surface area contributed by atoms with Gasteiger partial charge in [-0.1, -0.05) is 26.8 Å². The molecule has 0 spiro atoms. The molecule has 0 bridgehead atoms. The van der Waals surface area contributed by atoms with Crippen molar-refractivity contribution in [1.82, 2.24) is 5.32 Å². The molecule has 0 aliphatic heterocycles. The minimum atomic E-state index is 0.122. The highest BCUT2D eigenvalue weighted by Crippen LogP contribution is 2.33. The number of rotatable bonds is 5. The predicted molar refractivity (Wildman–Crippen MR) is 78.7 cm³/mol. The largest absolute Gasteiger partial charge is 0.496 e. The summed E-state index contributed by atoms with van der Waals surface area (Å²) in [7, 11) is 3.76. The molecule has 2 heteroatoms. The van der Waals surface area contributed by atoms with Crippen molar-refractivity contribution in [1.29, 1.82) is 0 Å². The van der Waals surface area contributed by atoms with Gasteiger partial charge in [-0.25, -0.2) is 0 Å². The number of methoxy groups -OCH3 is 1. The van der Waals surface area contributed by atoms with E-state index in [4.69, 9.17) is 4.74 Å². The standard InChI is InChI=1S/C16H27NO/c1-12-10-15(18-6)14(16(2,3)4)11-13(12)8-7-9-17-5/h10-11,17H,7-9H2,1-6H3. The maximum Gasteiger partial charge on any atom is 0.122 e. The maximum absolute atomic E-state index is 5.52. The molecule has 0 aliphatic carbocycles. The summed E-state index contributed by atoms with van der Waals surface area (Å²) in [6, 6.07) is 4.50. The first-order valence-electron chi connectivity index (χ1n) is 6.72. The summed E-state index contributed by atoms with van der Waals surface area (Å²) in [5.74, 6) is 1.01. The second-order valence-corrected chi connectivity index (χ2v) is 5.94. The topological polar surface area (TPSA) is 21.3 Å². The van der Waals surface area contributed by atoms with Gasteiger partial charge in [-0.15, -0.1) is 0 Å². The first-order chi connectivity index (χ1) is 8.40. The molecular formula is C16H27NO. The van der Waals surface area contributed by atoms with Gasteiger partial charge in [-0.3, -0.25) is 0 Å². The van der Waals surface area contributed by atoms with Crippen LogP contribution in [-0.2, 0) is 11.8 Å². The van der Waals surface area contributed by atoms with Crippen LogP contribution in [-0.4, -0.2) is 20.7 Å². The van der Waals surface area contributed by atoms with Crippen LogP contribution < -0.4 is 10.1 Å². The normalized spacial score (nSPS) is 11.7. The van der Waals surface area contributed by atoms with Crippen LogP contribution in [0.5, 0.6) is 5.75 Å². The van der Waals surface area contributed by atoms with Gasteiger partial charge in [0, 0.05) is 0 Å². The van der Waals surface area contributed by atoms with Crippen LogP contribution in [0.3, 0.4) is 0 Å². The third-order valence-corrected chi connectivity index (χ3v) is 3.34. The average Bonchev–Trinajstić information content (AvgIpc) is 2.29. The highest BCUT2D eigenvalue weighted by molar-refractivity contribution is 5.45. The molecule has 0 unspecified atom stereocenters. The number of hydrogen-bond donors (Lipinski definition) is 1. The van der Waals surface area contributed by atoms with Crippen LogP contribution in [0.25, 0.3) is 0 Å². The Balaban J connectivity index is 3.06. The smallest absolute Gasteiger partial charge is 0.122 e. The minimum Gasteiger partial charge on any atom is -0.496 e. The summed E-state index contributed by atoms with van der Waals surface area (Å²) in [5.41, 5.74) is 4.19. The van der Waals surface area contributed by atoms with Crippen LogP contribution in [0.15, 0.2) is 12.1 Å². The van der Waals surface area contributed by atoms with Crippen LogP contribution in [0.1, 0.15) is 43.9 Å². The summed E-state index contributed by atoms with van der Waals surface area (Å²) < 4.78 is 5.52. The zero-order valence-electron chi connectivity index (χ0n) is 12.7. The Morgan fingerprint density at radius 1 is 1.22 bits per heavy atom. The SMILES string of the molecule is CNCCCc1cc(C(C)(C)C)c(OC)cc1C. The van der Waals surface area contributed by atoms with Crippen molar-refractivity contribution in [3.63, 3.8) is 0 Å². The van der Waals surface area contributed by atoms with Gasteiger partial charge >= 0.3 is 0 Å². The summed E-state index contributed by atoms with van der Waals surface area (Å²) in [6.45, 7) is 9.94. The van der Waals surface area contributed by atoms with Crippen LogP contribution >= 0.6 is 0 Å². The Morgan fingerprint density at radius 2 is 1.89 bits per heavy atom. The second kappa shape index (κ2) is 6.24. The van der Waals surface area contributed by atoms with E-state index >= 15 is 0 Å². The molecule has 0 aliphatic rings. The summed E-state index contributed by atoms with van der Waals surface area (Å²) in [5, 5.41) is 3.20. The molecule has 0 amide bonds. The molecule has 0 atom stereocenters. The number of ether oxygens (including phenoxy) is 1. The lowest BCUT2D eigenvalue weighted by molar-refractivity contribution is 0.397. The van der Waals surface area contributed by atoms with Crippen molar-refractivity contribution in [3.8, 4) is 5.75 Å². The van der Waals surface area contributed by atoms with Crippen molar-refractivity contribution >= 4 is 0 Å². The van der Waals surface area contributed by atoms with Gasteiger partial charge in [-0.2, -0.15) is 0 Å². The summed E-state index contributed by atoms with van der Waals surface area (Å²) in [6.07, 6.45) is 2.30. The van der Waals surface area contributed by atoms with Gasteiger partial charge in [0.15, 0.2) is 0 Å². The molecule has 0 heterocycles. The molecule has 1 N–H and O–H groups in total. The van der Waals surface area contributed by atoms with Gasteiger partial charge < -0.3 is 10.1 Å². The van der Waals surface area contributed by atoms with Gasteiger partial charge in [-0.05, 0) is 61.5 Å². The van der Waals surface area contributed by atoms with E-state index in [1.165, 1.54) is 23.1 Å². The van der Waals surface area contributed by atoms with Crippen LogP contribution in [0.4, 0.5) is 0 Å².